The Kier molecular flexibility index (Phi) is 11.6. The molecular formula is C28H48N4O4. The fourth-order valence-corrected chi connectivity index (χ4v) is 4.74. The molecule has 2 aliphatic carbocycles. The van der Waals surface area contributed by atoms with E-state index in [1.54, 1.807) is 11.8 Å². The van der Waals surface area contributed by atoms with Gasteiger partial charge in [0.05, 0.1) is 12.1 Å². The van der Waals surface area contributed by atoms with Crippen LogP contribution in [-0.4, -0.2) is 59.6 Å². The maximum atomic E-state index is 13.6. The summed E-state index contributed by atoms with van der Waals surface area (Å²) < 4.78 is 0. The minimum Gasteiger partial charge on any atom is -0.346 e. The van der Waals surface area contributed by atoms with Gasteiger partial charge in [0.25, 0.3) is 5.91 Å². The third kappa shape index (κ3) is 9.02. The van der Waals surface area contributed by atoms with E-state index < -0.39 is 35.7 Å². The lowest BCUT2D eigenvalue weighted by Crippen LogP contribution is -2.58. The Labute approximate surface area is 217 Å². The molecule has 0 saturated heterocycles. The van der Waals surface area contributed by atoms with Crippen molar-refractivity contribution in [3.8, 4) is 0 Å². The summed E-state index contributed by atoms with van der Waals surface area (Å²) in [4.78, 5) is 53.7. The van der Waals surface area contributed by atoms with Crippen LogP contribution in [0, 0.1) is 17.3 Å². The normalized spacial score (nSPS) is 19.0. The number of rotatable bonds is 15. The van der Waals surface area contributed by atoms with Gasteiger partial charge in [-0.2, -0.15) is 0 Å². The molecule has 0 aromatic heterocycles. The van der Waals surface area contributed by atoms with Crippen LogP contribution >= 0.6 is 0 Å². The molecule has 2 rings (SSSR count). The van der Waals surface area contributed by atoms with Crippen LogP contribution in [0.5, 0.6) is 0 Å². The Morgan fingerprint density at radius 1 is 1.11 bits per heavy atom. The summed E-state index contributed by atoms with van der Waals surface area (Å²) in [5, 5.41) is 5.31. The average Bonchev–Trinajstić information content (AvgIpc) is 3.70. The second-order valence-electron chi connectivity index (χ2n) is 11.5. The van der Waals surface area contributed by atoms with Crippen LogP contribution in [-0.2, 0) is 19.2 Å². The summed E-state index contributed by atoms with van der Waals surface area (Å²) in [5.74, 6) is -1.57. The molecule has 0 radical (unpaired) electrons. The minimum atomic E-state index is -0.909. The zero-order valence-corrected chi connectivity index (χ0v) is 22.8. The number of hydrogen-bond acceptors (Lipinski definition) is 5. The maximum Gasteiger partial charge on any atom is 0.289 e. The van der Waals surface area contributed by atoms with Gasteiger partial charge >= 0.3 is 0 Å². The second kappa shape index (κ2) is 13.9. The molecule has 3 atom stereocenters. The number of ketones is 1. The van der Waals surface area contributed by atoms with Gasteiger partial charge in [0, 0.05) is 13.1 Å². The third-order valence-corrected chi connectivity index (χ3v) is 8.09. The van der Waals surface area contributed by atoms with Gasteiger partial charge in [-0.25, -0.2) is 0 Å². The quantitative estimate of drug-likeness (QED) is 0.234. The highest BCUT2D eigenvalue weighted by Crippen LogP contribution is 2.34. The minimum absolute atomic E-state index is 0.0113. The lowest BCUT2D eigenvalue weighted by molar-refractivity contribution is -0.144. The molecule has 2 aliphatic rings. The zero-order chi connectivity index (χ0) is 26.9. The Bertz CT molecular complexity index is 786. The topological polar surface area (TPSA) is 122 Å². The lowest BCUT2D eigenvalue weighted by atomic mass is 9.83. The molecule has 8 heteroatoms. The van der Waals surface area contributed by atoms with Crippen molar-refractivity contribution < 1.29 is 19.2 Å². The van der Waals surface area contributed by atoms with Crippen molar-refractivity contribution in [1.29, 1.82) is 0 Å². The van der Waals surface area contributed by atoms with Crippen molar-refractivity contribution in [1.82, 2.24) is 15.5 Å². The fraction of sp³-hybridized carbons (Fsp3) is 0.786. The highest BCUT2D eigenvalue weighted by molar-refractivity contribution is 6.38. The molecule has 8 nitrogen and oxygen atoms in total. The number of nitrogens with zero attached hydrogens (tertiary/aromatic N) is 1. The average molecular weight is 505 g/mol. The second-order valence-corrected chi connectivity index (χ2v) is 11.5. The number of carbonyl (C=O) groups is 4. The van der Waals surface area contributed by atoms with E-state index in [1.807, 2.05) is 0 Å². The van der Waals surface area contributed by atoms with E-state index in [1.165, 1.54) is 12.5 Å². The SMILES string of the molecule is C=CCNC(=O)C(=O)C(CC1CC1)NC(=O)[C@H](C)N(CCC(C)(C)CC)C(=O)[C@@H](N)C1CCCCC1. The van der Waals surface area contributed by atoms with Crippen molar-refractivity contribution in [3.63, 3.8) is 0 Å². The Morgan fingerprint density at radius 2 is 1.75 bits per heavy atom. The Hall–Kier alpha value is -2.22. The molecule has 3 amide bonds. The van der Waals surface area contributed by atoms with Crippen LogP contribution in [0.4, 0.5) is 0 Å². The number of hydrogen-bond donors (Lipinski definition) is 3. The van der Waals surface area contributed by atoms with Gasteiger partial charge in [-0.3, -0.25) is 19.2 Å². The van der Waals surface area contributed by atoms with E-state index in [9.17, 15) is 19.2 Å². The molecule has 0 spiro atoms. The molecule has 0 bridgehead atoms. The number of Topliss-reactive ketones (excluding diaryl/α,β-unsaturated/α-hetero) is 1. The van der Waals surface area contributed by atoms with Gasteiger partial charge in [-0.1, -0.05) is 65.4 Å². The van der Waals surface area contributed by atoms with Gasteiger partial charge in [-0.05, 0) is 49.9 Å². The summed E-state index contributed by atoms with van der Waals surface area (Å²) >= 11 is 0. The number of carbonyl (C=O) groups excluding carboxylic acids is 4. The van der Waals surface area contributed by atoms with Crippen LogP contribution in [0.3, 0.4) is 0 Å². The standard InChI is InChI=1S/C28H48N4O4/c1-6-16-30-26(35)24(33)22(18-20-13-14-20)31-25(34)19(3)32(17-15-28(4,5)7-2)27(36)23(29)21-11-9-8-10-12-21/h6,19-23H,1,7-18,29H2,2-5H3,(H,30,35)(H,31,34)/t19-,22?,23-/m0/s1. The van der Waals surface area contributed by atoms with E-state index in [-0.39, 0.29) is 23.8 Å². The first-order valence-corrected chi connectivity index (χ1v) is 13.8. The summed E-state index contributed by atoms with van der Waals surface area (Å²) in [5.41, 5.74) is 6.49. The summed E-state index contributed by atoms with van der Waals surface area (Å²) in [7, 11) is 0. The zero-order valence-electron chi connectivity index (χ0n) is 22.8. The van der Waals surface area contributed by atoms with Gasteiger partial charge in [-0.15, -0.1) is 6.58 Å². The van der Waals surface area contributed by atoms with Crippen molar-refractivity contribution in [2.75, 3.05) is 13.1 Å². The van der Waals surface area contributed by atoms with Crippen LogP contribution in [0.1, 0.15) is 91.9 Å². The molecular weight excluding hydrogens is 456 g/mol. The van der Waals surface area contributed by atoms with Crippen LogP contribution in [0.2, 0.25) is 0 Å². The van der Waals surface area contributed by atoms with Crippen LogP contribution in [0.15, 0.2) is 12.7 Å². The fourth-order valence-electron chi connectivity index (χ4n) is 4.74. The van der Waals surface area contributed by atoms with E-state index in [0.717, 1.165) is 51.4 Å². The monoisotopic (exact) mass is 504 g/mol. The van der Waals surface area contributed by atoms with E-state index in [0.29, 0.717) is 18.9 Å². The molecule has 2 fully saturated rings. The van der Waals surface area contributed by atoms with Gasteiger partial charge < -0.3 is 21.3 Å². The number of amides is 3. The molecule has 2 saturated carbocycles. The van der Waals surface area contributed by atoms with Crippen LogP contribution in [0.25, 0.3) is 0 Å². The summed E-state index contributed by atoms with van der Waals surface area (Å²) in [6.07, 6.45) is 10.7. The molecule has 4 N–H and O–H groups in total. The first-order valence-electron chi connectivity index (χ1n) is 13.8. The van der Waals surface area contributed by atoms with Crippen molar-refractivity contribution >= 4 is 23.5 Å². The van der Waals surface area contributed by atoms with Gasteiger partial charge in [0.2, 0.25) is 17.6 Å². The molecule has 0 aliphatic heterocycles. The largest absolute Gasteiger partial charge is 0.346 e. The highest BCUT2D eigenvalue weighted by Gasteiger charge is 2.38. The third-order valence-electron chi connectivity index (χ3n) is 8.09. The molecule has 0 aromatic carbocycles. The van der Waals surface area contributed by atoms with E-state index in [2.05, 4.69) is 38.0 Å². The molecule has 1 unspecified atom stereocenters. The highest BCUT2D eigenvalue weighted by atomic mass is 16.2. The molecule has 204 valence electrons. The summed E-state index contributed by atoms with van der Waals surface area (Å²) in [6.45, 7) is 12.2. The van der Waals surface area contributed by atoms with Crippen molar-refractivity contribution in [3.05, 3.63) is 12.7 Å². The maximum absolute atomic E-state index is 13.6. The van der Waals surface area contributed by atoms with Crippen molar-refractivity contribution in [2.24, 2.45) is 23.0 Å². The summed E-state index contributed by atoms with van der Waals surface area (Å²) in [6, 6.07) is -2.35. The molecule has 0 heterocycles. The molecule has 0 aromatic rings. The van der Waals surface area contributed by atoms with E-state index in [4.69, 9.17) is 5.73 Å². The molecule has 36 heavy (non-hydrogen) atoms. The van der Waals surface area contributed by atoms with Gasteiger partial charge in [0.15, 0.2) is 0 Å². The van der Waals surface area contributed by atoms with Crippen LogP contribution < -0.4 is 16.4 Å². The van der Waals surface area contributed by atoms with Gasteiger partial charge in [0.1, 0.15) is 6.04 Å². The first kappa shape index (κ1) is 30.0. The predicted octanol–water partition coefficient (Wildman–Crippen LogP) is 3.09. The predicted molar refractivity (Wildman–Crippen MR) is 142 cm³/mol. The Morgan fingerprint density at radius 3 is 2.31 bits per heavy atom. The number of nitrogens with two attached hydrogens (primary N) is 1. The number of nitrogens with one attached hydrogen (secondary N) is 2. The first-order chi connectivity index (χ1) is 17.0. The lowest BCUT2D eigenvalue weighted by Gasteiger charge is -2.36. The Balaban J connectivity index is 2.17. The smallest absolute Gasteiger partial charge is 0.289 e. The van der Waals surface area contributed by atoms with Crippen molar-refractivity contribution in [2.45, 2.75) is 110 Å². The van der Waals surface area contributed by atoms with E-state index >= 15 is 0 Å².